The van der Waals surface area contributed by atoms with Gasteiger partial charge in [0, 0.05) is 18.0 Å². The van der Waals surface area contributed by atoms with Gasteiger partial charge in [-0.15, -0.1) is 11.3 Å². The molecule has 1 amide bonds. The highest BCUT2D eigenvalue weighted by Gasteiger charge is 2.37. The minimum Gasteiger partial charge on any atom is -0.379 e. The van der Waals surface area contributed by atoms with Crippen molar-refractivity contribution >= 4 is 17.2 Å². The van der Waals surface area contributed by atoms with Crippen LogP contribution in [0.25, 0.3) is 0 Å². The highest BCUT2D eigenvalue weighted by atomic mass is 32.1. The van der Waals surface area contributed by atoms with Crippen molar-refractivity contribution < 1.29 is 9.53 Å². The molecule has 0 radical (unpaired) electrons. The molecule has 0 bridgehead atoms. The lowest BCUT2D eigenvalue weighted by molar-refractivity contribution is -0.130. The van der Waals surface area contributed by atoms with Gasteiger partial charge in [-0.3, -0.25) is 10.1 Å². The van der Waals surface area contributed by atoms with Crippen LogP contribution in [-0.4, -0.2) is 36.6 Å². The number of nitrogens with zero attached hydrogens (tertiary/aromatic N) is 1. The zero-order valence-electron chi connectivity index (χ0n) is 11.8. The molecule has 2 atom stereocenters. The van der Waals surface area contributed by atoms with E-state index in [1.54, 1.807) is 11.3 Å². The summed E-state index contributed by atoms with van der Waals surface area (Å²) in [5.74, 6) is 0.686. The Balaban J connectivity index is 1.93. The first-order valence-electron chi connectivity index (χ1n) is 6.77. The minimum absolute atomic E-state index is 0.00477. The van der Waals surface area contributed by atoms with Gasteiger partial charge >= 0.3 is 0 Å². The largest absolute Gasteiger partial charge is 0.379 e. The molecule has 1 saturated heterocycles. The van der Waals surface area contributed by atoms with Gasteiger partial charge < -0.3 is 9.64 Å². The van der Waals surface area contributed by atoms with E-state index < -0.39 is 0 Å². The quantitative estimate of drug-likeness (QED) is 0.814. The summed E-state index contributed by atoms with van der Waals surface area (Å²) in [6.45, 7) is 8.15. The predicted octanol–water partition coefficient (Wildman–Crippen LogP) is 2.24. The fourth-order valence-corrected chi connectivity index (χ4v) is 2.97. The van der Waals surface area contributed by atoms with E-state index in [1.807, 2.05) is 23.3 Å². The minimum atomic E-state index is -0.114. The van der Waals surface area contributed by atoms with Gasteiger partial charge in [0.25, 0.3) is 0 Å². The molecular weight excluding hydrogens is 260 g/mol. The summed E-state index contributed by atoms with van der Waals surface area (Å²) in [5.41, 5.74) is 0. The number of thiophene rings is 1. The molecule has 0 aromatic carbocycles. The van der Waals surface area contributed by atoms with Crippen molar-refractivity contribution in [1.82, 2.24) is 10.2 Å². The molecule has 2 heterocycles. The number of carbonyl (C=O) groups is 1. The molecule has 2 rings (SSSR count). The molecule has 4 nitrogen and oxygen atoms in total. The molecule has 19 heavy (non-hydrogen) atoms. The molecule has 1 aromatic heterocycles. The molecule has 1 aliphatic heterocycles. The van der Waals surface area contributed by atoms with E-state index in [9.17, 15) is 4.79 Å². The third-order valence-electron chi connectivity index (χ3n) is 3.11. The van der Waals surface area contributed by atoms with Crippen LogP contribution in [0.2, 0.25) is 0 Å². The van der Waals surface area contributed by atoms with Gasteiger partial charge in [-0.25, -0.2) is 0 Å². The van der Waals surface area contributed by atoms with Crippen LogP contribution < -0.4 is 5.32 Å². The number of hydrogen-bond acceptors (Lipinski definition) is 4. The van der Waals surface area contributed by atoms with Gasteiger partial charge in [0.2, 0.25) is 5.91 Å². The normalized spacial score (nSPS) is 23.6. The lowest BCUT2D eigenvalue weighted by Gasteiger charge is -2.23. The van der Waals surface area contributed by atoms with Crippen LogP contribution >= 0.6 is 11.3 Å². The Kier molecular flexibility index (Phi) is 4.96. The standard InChI is InChI=1S/C14H22N2O2S/c1-10(2)9-18-7-6-16-13(12-5-4-8-19-12)15-11(3)14(16)17/h4-5,8,10-11,13,15H,6-7,9H2,1-3H3. The number of hydrogen-bond donors (Lipinski definition) is 1. The van der Waals surface area contributed by atoms with E-state index in [0.29, 0.717) is 19.1 Å². The van der Waals surface area contributed by atoms with Gasteiger partial charge in [0.15, 0.2) is 0 Å². The monoisotopic (exact) mass is 282 g/mol. The van der Waals surface area contributed by atoms with Crippen LogP contribution in [0.1, 0.15) is 31.8 Å². The van der Waals surface area contributed by atoms with Crippen LogP contribution in [0.5, 0.6) is 0 Å². The smallest absolute Gasteiger partial charge is 0.241 e. The lowest BCUT2D eigenvalue weighted by atomic mass is 10.2. The fourth-order valence-electron chi connectivity index (χ4n) is 2.18. The molecule has 1 fully saturated rings. The second-order valence-electron chi connectivity index (χ2n) is 5.31. The maximum atomic E-state index is 12.2. The highest BCUT2D eigenvalue weighted by molar-refractivity contribution is 7.10. The summed E-state index contributed by atoms with van der Waals surface area (Å²) in [6, 6.07) is 3.97. The number of ether oxygens (including phenoxy) is 1. The van der Waals surface area contributed by atoms with Crippen molar-refractivity contribution in [3.8, 4) is 0 Å². The summed E-state index contributed by atoms with van der Waals surface area (Å²) in [4.78, 5) is 15.2. The van der Waals surface area contributed by atoms with Gasteiger partial charge in [-0.05, 0) is 24.3 Å². The number of rotatable bonds is 6. The molecule has 2 unspecified atom stereocenters. The molecule has 0 saturated carbocycles. The molecule has 1 aliphatic rings. The summed E-state index contributed by atoms with van der Waals surface area (Å²) in [7, 11) is 0. The van der Waals surface area contributed by atoms with Crippen molar-refractivity contribution in [2.45, 2.75) is 33.0 Å². The van der Waals surface area contributed by atoms with Gasteiger partial charge in [0.1, 0.15) is 6.17 Å². The maximum Gasteiger partial charge on any atom is 0.241 e. The summed E-state index contributed by atoms with van der Waals surface area (Å²) >= 11 is 1.67. The Morgan fingerprint density at radius 2 is 2.32 bits per heavy atom. The van der Waals surface area contributed by atoms with Crippen LogP contribution in [0.3, 0.4) is 0 Å². The van der Waals surface area contributed by atoms with Crippen LogP contribution in [0.4, 0.5) is 0 Å². The SMILES string of the molecule is CC(C)COCCN1C(=O)C(C)NC1c1cccs1. The topological polar surface area (TPSA) is 41.6 Å². The van der Waals surface area contributed by atoms with Gasteiger partial charge in [-0.1, -0.05) is 19.9 Å². The third kappa shape index (κ3) is 3.55. The molecule has 0 spiro atoms. The van der Waals surface area contributed by atoms with Crippen LogP contribution in [-0.2, 0) is 9.53 Å². The van der Waals surface area contributed by atoms with Crippen LogP contribution in [0, 0.1) is 5.92 Å². The van der Waals surface area contributed by atoms with E-state index in [0.717, 1.165) is 6.61 Å². The zero-order chi connectivity index (χ0) is 13.8. The summed E-state index contributed by atoms with van der Waals surface area (Å²) < 4.78 is 5.59. The van der Waals surface area contributed by atoms with E-state index in [2.05, 4.69) is 25.2 Å². The average molecular weight is 282 g/mol. The molecule has 1 aromatic rings. The van der Waals surface area contributed by atoms with E-state index >= 15 is 0 Å². The van der Waals surface area contributed by atoms with Gasteiger partial charge in [0.05, 0.1) is 12.6 Å². The molecular formula is C14H22N2O2S. The van der Waals surface area contributed by atoms with Crippen molar-refractivity contribution in [2.75, 3.05) is 19.8 Å². The highest BCUT2D eigenvalue weighted by Crippen LogP contribution is 2.28. The maximum absolute atomic E-state index is 12.2. The first-order chi connectivity index (χ1) is 9.09. The molecule has 106 valence electrons. The Morgan fingerprint density at radius 1 is 1.53 bits per heavy atom. The first-order valence-corrected chi connectivity index (χ1v) is 7.65. The van der Waals surface area contributed by atoms with E-state index in [1.165, 1.54) is 4.88 Å². The Labute approximate surface area is 118 Å². The second kappa shape index (κ2) is 6.50. The predicted molar refractivity (Wildman–Crippen MR) is 77.0 cm³/mol. The number of carbonyl (C=O) groups excluding carboxylic acids is 1. The number of nitrogens with one attached hydrogen (secondary N) is 1. The van der Waals surface area contributed by atoms with Crippen LogP contribution in [0.15, 0.2) is 17.5 Å². The second-order valence-corrected chi connectivity index (χ2v) is 6.29. The number of amides is 1. The Hall–Kier alpha value is -0.910. The average Bonchev–Trinajstić information content (AvgIpc) is 2.96. The van der Waals surface area contributed by atoms with Crippen molar-refractivity contribution in [3.05, 3.63) is 22.4 Å². The Bertz CT molecular complexity index is 406. The van der Waals surface area contributed by atoms with E-state index in [4.69, 9.17) is 4.74 Å². The Morgan fingerprint density at radius 3 is 2.95 bits per heavy atom. The summed E-state index contributed by atoms with van der Waals surface area (Å²) in [6.07, 6.45) is 0.00477. The fraction of sp³-hybridized carbons (Fsp3) is 0.643. The molecule has 0 aliphatic carbocycles. The lowest BCUT2D eigenvalue weighted by Crippen LogP contribution is -2.33. The molecule has 1 N–H and O–H groups in total. The van der Waals surface area contributed by atoms with Crippen molar-refractivity contribution in [1.29, 1.82) is 0 Å². The molecule has 5 heteroatoms. The third-order valence-corrected chi connectivity index (χ3v) is 4.04. The zero-order valence-corrected chi connectivity index (χ0v) is 12.6. The first kappa shape index (κ1) is 14.5. The summed E-state index contributed by atoms with van der Waals surface area (Å²) in [5, 5.41) is 5.38. The van der Waals surface area contributed by atoms with Crippen molar-refractivity contribution in [2.24, 2.45) is 5.92 Å². The van der Waals surface area contributed by atoms with E-state index in [-0.39, 0.29) is 18.1 Å². The van der Waals surface area contributed by atoms with Crippen molar-refractivity contribution in [3.63, 3.8) is 0 Å². The van der Waals surface area contributed by atoms with Gasteiger partial charge in [-0.2, -0.15) is 0 Å².